The molecule has 7 unspecified atom stereocenters. The third kappa shape index (κ3) is 3.12. The molecule has 4 aliphatic rings. The summed E-state index contributed by atoms with van der Waals surface area (Å²) in [7, 11) is 3.86. The van der Waals surface area contributed by atoms with E-state index in [1.54, 1.807) is 0 Å². The topological polar surface area (TPSA) is 45.1 Å². The smallest absolute Gasteiger partial charge is 0.0490 e. The van der Waals surface area contributed by atoms with Gasteiger partial charge < -0.3 is 15.5 Å². The van der Waals surface area contributed by atoms with Gasteiger partial charge in [-0.2, -0.15) is 0 Å². The van der Waals surface area contributed by atoms with Gasteiger partial charge in [0.2, 0.25) is 0 Å². The van der Waals surface area contributed by atoms with Gasteiger partial charge in [0.1, 0.15) is 0 Å². The van der Waals surface area contributed by atoms with E-state index in [9.17, 15) is 0 Å². The van der Waals surface area contributed by atoms with Crippen LogP contribution in [0.1, 0.15) is 71.6 Å². The van der Waals surface area contributed by atoms with E-state index in [4.69, 9.17) is 10.1 Å². The minimum Gasteiger partial charge on any atom is -0.384 e. The van der Waals surface area contributed by atoms with Gasteiger partial charge in [-0.1, -0.05) is 13.8 Å². The highest BCUT2D eigenvalue weighted by Crippen LogP contribution is 2.67. The fraction of sp³-hybridized carbons (Fsp3) is 0.958. The van der Waals surface area contributed by atoms with Crippen LogP contribution in [0, 0.1) is 51.7 Å². The van der Waals surface area contributed by atoms with Crippen molar-refractivity contribution in [2.24, 2.45) is 46.3 Å². The second-order valence-electron chi connectivity index (χ2n) is 11.0. The van der Waals surface area contributed by atoms with Crippen molar-refractivity contribution < 1.29 is 4.74 Å². The summed E-state index contributed by atoms with van der Waals surface area (Å²) in [6.07, 6.45) is 12.5. The highest BCUT2D eigenvalue weighted by Gasteiger charge is 2.60. The zero-order chi connectivity index (χ0) is 19.2. The van der Waals surface area contributed by atoms with E-state index in [0.717, 1.165) is 48.5 Å². The lowest BCUT2D eigenvalue weighted by molar-refractivity contribution is -0.118. The predicted octanol–water partition coefficient (Wildman–Crippen LogP) is 5.15. The Balaban J connectivity index is 1.52. The first-order valence-electron chi connectivity index (χ1n) is 11.6. The molecule has 0 aromatic heterocycles. The lowest BCUT2D eigenvalue weighted by Crippen LogP contribution is -2.54. The Morgan fingerprint density at radius 3 is 2.48 bits per heavy atom. The van der Waals surface area contributed by atoms with Gasteiger partial charge in [0.25, 0.3) is 0 Å². The van der Waals surface area contributed by atoms with Crippen molar-refractivity contribution in [3.05, 3.63) is 0 Å². The van der Waals surface area contributed by atoms with Crippen molar-refractivity contribution in [2.75, 3.05) is 27.3 Å². The standard InChI is InChI=1S/C24H42N2O/c1-23-11-9-16(15-27-4)13-17(23)5-6-18-19-7-8-21(22(25)14-26-3)24(19,2)12-10-20(18)23/h16-21,25-26H,5-15H2,1-4H3/t16?,17?,18?,19?,20?,21-,23?,24?/m1/s1. The Hall–Kier alpha value is -0.410. The first-order chi connectivity index (χ1) is 12.9. The number of rotatable bonds is 5. The van der Waals surface area contributed by atoms with Gasteiger partial charge >= 0.3 is 0 Å². The maximum absolute atomic E-state index is 8.64. The van der Waals surface area contributed by atoms with Gasteiger partial charge in [-0.25, -0.2) is 0 Å². The minimum absolute atomic E-state index is 0.394. The van der Waals surface area contributed by atoms with E-state index in [2.05, 4.69) is 19.2 Å². The number of fused-ring (bicyclic) bond motifs is 5. The Morgan fingerprint density at radius 1 is 1.00 bits per heavy atom. The monoisotopic (exact) mass is 374 g/mol. The molecule has 0 aliphatic heterocycles. The van der Waals surface area contributed by atoms with E-state index in [1.807, 2.05) is 14.2 Å². The van der Waals surface area contributed by atoms with E-state index in [-0.39, 0.29) is 0 Å². The van der Waals surface area contributed by atoms with Gasteiger partial charge in [0, 0.05) is 31.9 Å². The van der Waals surface area contributed by atoms with Gasteiger partial charge in [0.05, 0.1) is 0 Å². The molecule has 0 saturated heterocycles. The largest absolute Gasteiger partial charge is 0.384 e. The van der Waals surface area contributed by atoms with Crippen molar-refractivity contribution in [3.63, 3.8) is 0 Å². The number of nitrogens with one attached hydrogen (secondary N) is 2. The van der Waals surface area contributed by atoms with Crippen molar-refractivity contribution in [1.82, 2.24) is 5.32 Å². The SMILES string of the molecule is CNCC(=N)[C@H]1CCC2C3CCC4CC(COC)CCC4(C)C3CCC21C. The summed E-state index contributed by atoms with van der Waals surface area (Å²) >= 11 is 0. The molecule has 0 bridgehead atoms. The van der Waals surface area contributed by atoms with Crippen molar-refractivity contribution in [1.29, 1.82) is 5.41 Å². The van der Waals surface area contributed by atoms with E-state index < -0.39 is 0 Å². The second kappa shape index (κ2) is 7.44. The Kier molecular flexibility index (Phi) is 5.48. The molecule has 27 heavy (non-hydrogen) atoms. The first kappa shape index (κ1) is 19.9. The highest BCUT2D eigenvalue weighted by molar-refractivity contribution is 5.86. The summed E-state index contributed by atoms with van der Waals surface area (Å²) in [6, 6.07) is 0. The Morgan fingerprint density at radius 2 is 1.74 bits per heavy atom. The molecule has 8 atom stereocenters. The number of methoxy groups -OCH3 is 1. The molecular formula is C24H42N2O. The van der Waals surface area contributed by atoms with Gasteiger partial charge in [-0.05, 0) is 105 Å². The van der Waals surface area contributed by atoms with Gasteiger partial charge in [-0.3, -0.25) is 0 Å². The number of hydrogen-bond acceptors (Lipinski definition) is 3. The van der Waals surface area contributed by atoms with Crippen LogP contribution >= 0.6 is 0 Å². The second-order valence-corrected chi connectivity index (χ2v) is 11.0. The van der Waals surface area contributed by atoms with Crippen molar-refractivity contribution >= 4 is 5.71 Å². The van der Waals surface area contributed by atoms with Crippen LogP contribution in [0.2, 0.25) is 0 Å². The lowest BCUT2D eigenvalue weighted by atomic mass is 9.44. The van der Waals surface area contributed by atoms with Crippen LogP contribution < -0.4 is 5.32 Å². The first-order valence-corrected chi connectivity index (χ1v) is 11.6. The average Bonchev–Trinajstić information content (AvgIpc) is 3.00. The van der Waals surface area contributed by atoms with Gasteiger partial charge in [0.15, 0.2) is 0 Å². The molecule has 154 valence electrons. The highest BCUT2D eigenvalue weighted by atomic mass is 16.5. The third-order valence-corrected chi connectivity index (χ3v) is 9.96. The summed E-state index contributed by atoms with van der Waals surface area (Å²) < 4.78 is 5.50. The van der Waals surface area contributed by atoms with E-state index in [0.29, 0.717) is 16.7 Å². The molecule has 4 rings (SSSR count). The molecule has 0 heterocycles. The quantitative estimate of drug-likeness (QED) is 0.654. The number of ether oxygens (including phenoxy) is 1. The van der Waals surface area contributed by atoms with E-state index in [1.165, 1.54) is 57.8 Å². The third-order valence-electron chi connectivity index (χ3n) is 9.96. The number of hydrogen-bond donors (Lipinski definition) is 2. The molecule has 0 aromatic rings. The normalized spacial score (nSPS) is 49.2. The molecule has 0 spiro atoms. The Labute approximate surface area is 166 Å². The van der Waals surface area contributed by atoms with Crippen LogP contribution in [0.5, 0.6) is 0 Å². The van der Waals surface area contributed by atoms with Crippen LogP contribution in [0.25, 0.3) is 0 Å². The zero-order valence-corrected chi connectivity index (χ0v) is 18.2. The molecule has 0 amide bonds. The molecular weight excluding hydrogens is 332 g/mol. The predicted molar refractivity (Wildman–Crippen MR) is 112 cm³/mol. The lowest BCUT2D eigenvalue weighted by Gasteiger charge is -2.61. The fourth-order valence-corrected chi connectivity index (χ4v) is 8.62. The fourth-order valence-electron chi connectivity index (χ4n) is 8.62. The zero-order valence-electron chi connectivity index (χ0n) is 18.2. The summed E-state index contributed by atoms with van der Waals surface area (Å²) in [5.41, 5.74) is 1.94. The van der Waals surface area contributed by atoms with Crippen molar-refractivity contribution in [2.45, 2.75) is 71.6 Å². The summed E-state index contributed by atoms with van der Waals surface area (Å²) in [4.78, 5) is 0. The molecule has 3 heteroatoms. The van der Waals surface area contributed by atoms with Crippen LogP contribution in [-0.2, 0) is 4.74 Å². The average molecular weight is 375 g/mol. The van der Waals surface area contributed by atoms with Crippen LogP contribution in [0.15, 0.2) is 0 Å². The Bertz CT molecular complexity index is 563. The minimum atomic E-state index is 0.394. The van der Waals surface area contributed by atoms with Crippen LogP contribution in [0.4, 0.5) is 0 Å². The van der Waals surface area contributed by atoms with E-state index >= 15 is 0 Å². The molecule has 4 fully saturated rings. The summed E-state index contributed by atoms with van der Waals surface area (Å²) in [5.74, 6) is 4.99. The van der Waals surface area contributed by atoms with Crippen LogP contribution in [0.3, 0.4) is 0 Å². The van der Waals surface area contributed by atoms with Crippen molar-refractivity contribution in [3.8, 4) is 0 Å². The molecule has 4 aliphatic carbocycles. The van der Waals surface area contributed by atoms with Gasteiger partial charge in [-0.15, -0.1) is 0 Å². The summed E-state index contributed by atoms with van der Waals surface area (Å²) in [5, 5.41) is 11.9. The maximum atomic E-state index is 8.64. The maximum Gasteiger partial charge on any atom is 0.0490 e. The molecule has 3 nitrogen and oxygen atoms in total. The molecule has 0 aromatic carbocycles. The molecule has 0 radical (unpaired) electrons. The molecule has 4 saturated carbocycles. The van der Waals surface area contributed by atoms with Crippen LogP contribution in [-0.4, -0.2) is 33.0 Å². The molecule has 2 N–H and O–H groups in total. The summed E-state index contributed by atoms with van der Waals surface area (Å²) in [6.45, 7) is 6.97.